The van der Waals surface area contributed by atoms with Crippen LogP contribution in [-0.2, 0) is 6.42 Å². The Hall–Kier alpha value is -2.64. The predicted molar refractivity (Wildman–Crippen MR) is 102 cm³/mol. The molecule has 0 saturated carbocycles. The van der Waals surface area contributed by atoms with Gasteiger partial charge in [-0.3, -0.25) is 10.1 Å². The van der Waals surface area contributed by atoms with Crippen molar-refractivity contribution >= 4 is 17.2 Å². The number of nitrogens with zero attached hydrogens (tertiary/aromatic N) is 2. The Balaban J connectivity index is 1.52. The van der Waals surface area contributed by atoms with Crippen LogP contribution in [0.3, 0.4) is 0 Å². The van der Waals surface area contributed by atoms with E-state index < -0.39 is 0 Å². The van der Waals surface area contributed by atoms with E-state index in [1.54, 1.807) is 23.1 Å². The molecule has 1 atom stereocenters. The molecule has 1 aliphatic rings. The zero-order valence-electron chi connectivity index (χ0n) is 14.4. The maximum Gasteiger partial charge on any atom is 0.269 e. The second kappa shape index (κ2) is 7.31. The lowest BCUT2D eigenvalue weighted by molar-refractivity contribution is 0.0901. The lowest BCUT2D eigenvalue weighted by atomic mass is 10.1. The van der Waals surface area contributed by atoms with E-state index in [1.165, 1.54) is 4.88 Å². The number of aromatic nitrogens is 2. The number of amides is 1. The fraction of sp³-hybridized carbons (Fsp3) is 0.263. The van der Waals surface area contributed by atoms with Crippen molar-refractivity contribution in [2.45, 2.75) is 12.6 Å². The van der Waals surface area contributed by atoms with Crippen LogP contribution in [0.2, 0.25) is 0 Å². The highest BCUT2D eigenvalue weighted by molar-refractivity contribution is 7.09. The third-order valence-electron chi connectivity index (χ3n) is 4.44. The molecule has 2 aromatic heterocycles. The summed E-state index contributed by atoms with van der Waals surface area (Å²) in [7, 11) is 1.64. The molecule has 0 aliphatic carbocycles. The summed E-state index contributed by atoms with van der Waals surface area (Å²) < 4.78 is 6.99. The minimum absolute atomic E-state index is 0.0466. The van der Waals surface area contributed by atoms with Crippen LogP contribution < -0.4 is 15.4 Å². The summed E-state index contributed by atoms with van der Waals surface area (Å²) in [5, 5.41) is 13.2. The first-order chi connectivity index (χ1) is 12.7. The van der Waals surface area contributed by atoms with Gasteiger partial charge in [0.2, 0.25) is 0 Å². The van der Waals surface area contributed by atoms with Crippen molar-refractivity contribution in [3.05, 3.63) is 58.4 Å². The Kier molecular flexibility index (Phi) is 4.73. The van der Waals surface area contributed by atoms with Crippen LogP contribution >= 0.6 is 11.3 Å². The molecule has 7 heteroatoms. The van der Waals surface area contributed by atoms with Crippen molar-refractivity contribution in [1.82, 2.24) is 20.4 Å². The summed E-state index contributed by atoms with van der Waals surface area (Å²) in [6.07, 6.45) is 0.916. The van der Waals surface area contributed by atoms with Crippen LogP contribution in [0.1, 0.15) is 21.5 Å². The summed E-state index contributed by atoms with van der Waals surface area (Å²) in [5.41, 5.74) is 2.32. The highest BCUT2D eigenvalue weighted by Crippen LogP contribution is 2.24. The third-order valence-corrected chi connectivity index (χ3v) is 5.37. The Bertz CT molecular complexity index is 887. The van der Waals surface area contributed by atoms with Gasteiger partial charge in [-0.25, -0.2) is 4.68 Å². The number of benzene rings is 1. The van der Waals surface area contributed by atoms with Gasteiger partial charge in [0, 0.05) is 17.0 Å². The number of carbonyl (C=O) groups is 1. The largest absolute Gasteiger partial charge is 0.497 e. The quantitative estimate of drug-likeness (QED) is 0.702. The normalized spacial score (nSPS) is 16.2. The van der Waals surface area contributed by atoms with E-state index in [4.69, 9.17) is 4.74 Å². The summed E-state index contributed by atoms with van der Waals surface area (Å²) in [4.78, 5) is 13.6. The molecule has 26 heavy (non-hydrogen) atoms. The summed E-state index contributed by atoms with van der Waals surface area (Å²) in [6, 6.07) is 13.7. The van der Waals surface area contributed by atoms with Crippen LogP contribution in [0.5, 0.6) is 5.75 Å². The summed E-state index contributed by atoms with van der Waals surface area (Å²) in [6.45, 7) is 1.36. The first kappa shape index (κ1) is 16.8. The Morgan fingerprint density at radius 3 is 2.92 bits per heavy atom. The number of hydrogen-bond acceptors (Lipinski definition) is 5. The zero-order valence-corrected chi connectivity index (χ0v) is 15.3. The number of methoxy groups -OCH3 is 1. The molecule has 2 N–H and O–H groups in total. The molecule has 1 unspecified atom stereocenters. The Labute approximate surface area is 155 Å². The Morgan fingerprint density at radius 1 is 1.35 bits per heavy atom. The number of ether oxygens (including phenoxy) is 1. The molecule has 4 rings (SSSR count). The van der Waals surface area contributed by atoms with Gasteiger partial charge in [-0.2, -0.15) is 5.10 Å². The zero-order chi connectivity index (χ0) is 17.9. The minimum atomic E-state index is -0.0893. The number of fused-ring (bicyclic) bond motifs is 1. The molecule has 6 nitrogen and oxygen atoms in total. The van der Waals surface area contributed by atoms with Crippen molar-refractivity contribution in [2.24, 2.45) is 0 Å². The van der Waals surface area contributed by atoms with E-state index in [0.29, 0.717) is 12.2 Å². The molecule has 0 saturated heterocycles. The predicted octanol–water partition coefficient (Wildman–Crippen LogP) is 2.69. The van der Waals surface area contributed by atoms with Gasteiger partial charge >= 0.3 is 0 Å². The number of rotatable bonds is 6. The molecular weight excluding hydrogens is 348 g/mol. The number of carbonyl (C=O) groups excluding carboxylic acids is 1. The second-order valence-corrected chi connectivity index (χ2v) is 7.13. The number of nitrogens with one attached hydrogen (secondary N) is 2. The van der Waals surface area contributed by atoms with E-state index in [0.717, 1.165) is 30.0 Å². The lowest BCUT2D eigenvalue weighted by Gasteiger charge is -2.25. The molecule has 0 radical (unpaired) electrons. The lowest BCUT2D eigenvalue weighted by Crippen LogP contribution is -2.45. The minimum Gasteiger partial charge on any atom is -0.497 e. The van der Waals surface area contributed by atoms with E-state index in [2.05, 4.69) is 33.2 Å². The number of hydrogen-bond donors (Lipinski definition) is 2. The van der Waals surface area contributed by atoms with Gasteiger partial charge in [0.25, 0.3) is 5.91 Å². The van der Waals surface area contributed by atoms with Crippen LogP contribution in [0, 0.1) is 0 Å². The molecule has 1 amide bonds. The van der Waals surface area contributed by atoms with Crippen LogP contribution in [-0.4, -0.2) is 35.9 Å². The van der Waals surface area contributed by atoms with Gasteiger partial charge in [0.1, 0.15) is 17.6 Å². The SMILES string of the molecule is COc1ccc(-c2cc3n(n2)C(NCCc2cccs2)CNC3=O)cc1. The van der Waals surface area contributed by atoms with Crippen molar-refractivity contribution < 1.29 is 9.53 Å². The van der Waals surface area contributed by atoms with Crippen molar-refractivity contribution in [3.8, 4) is 17.0 Å². The standard InChI is InChI=1S/C19H20N4O2S/c1-25-14-6-4-13(5-7-14)16-11-17-19(24)21-12-18(23(17)22-16)20-9-8-15-3-2-10-26-15/h2-7,10-11,18,20H,8-9,12H2,1H3,(H,21,24). The molecule has 0 spiro atoms. The average molecular weight is 368 g/mol. The van der Waals surface area contributed by atoms with Gasteiger partial charge in [0.05, 0.1) is 19.3 Å². The molecule has 1 aliphatic heterocycles. The molecule has 3 aromatic rings. The maximum atomic E-state index is 12.2. The van der Waals surface area contributed by atoms with Crippen LogP contribution in [0.25, 0.3) is 11.3 Å². The molecule has 0 fully saturated rings. The maximum absolute atomic E-state index is 12.2. The van der Waals surface area contributed by atoms with E-state index in [9.17, 15) is 4.79 Å². The van der Waals surface area contributed by atoms with E-state index in [-0.39, 0.29) is 12.1 Å². The van der Waals surface area contributed by atoms with Gasteiger partial charge < -0.3 is 10.1 Å². The monoisotopic (exact) mass is 368 g/mol. The smallest absolute Gasteiger partial charge is 0.269 e. The van der Waals surface area contributed by atoms with Gasteiger partial charge in [-0.15, -0.1) is 11.3 Å². The van der Waals surface area contributed by atoms with Crippen LogP contribution in [0.15, 0.2) is 47.8 Å². The molecule has 0 bridgehead atoms. The summed E-state index contributed by atoms with van der Waals surface area (Å²) in [5.74, 6) is 0.706. The molecule has 134 valence electrons. The number of thiophene rings is 1. The fourth-order valence-corrected chi connectivity index (χ4v) is 3.76. The van der Waals surface area contributed by atoms with E-state index in [1.807, 2.05) is 30.3 Å². The second-order valence-electron chi connectivity index (χ2n) is 6.10. The van der Waals surface area contributed by atoms with Crippen LogP contribution in [0.4, 0.5) is 0 Å². The first-order valence-corrected chi connectivity index (χ1v) is 9.40. The highest BCUT2D eigenvalue weighted by atomic mass is 32.1. The van der Waals surface area contributed by atoms with Crippen molar-refractivity contribution in [1.29, 1.82) is 0 Å². The third kappa shape index (κ3) is 3.36. The van der Waals surface area contributed by atoms with Crippen molar-refractivity contribution in [3.63, 3.8) is 0 Å². The van der Waals surface area contributed by atoms with Gasteiger partial charge in [-0.1, -0.05) is 6.07 Å². The average Bonchev–Trinajstić information content (AvgIpc) is 3.34. The van der Waals surface area contributed by atoms with E-state index >= 15 is 0 Å². The van der Waals surface area contributed by atoms with Gasteiger partial charge in [0.15, 0.2) is 0 Å². The highest BCUT2D eigenvalue weighted by Gasteiger charge is 2.27. The summed E-state index contributed by atoms with van der Waals surface area (Å²) >= 11 is 1.76. The fourth-order valence-electron chi connectivity index (χ4n) is 3.05. The Morgan fingerprint density at radius 2 is 2.19 bits per heavy atom. The first-order valence-electron chi connectivity index (χ1n) is 8.52. The van der Waals surface area contributed by atoms with Crippen molar-refractivity contribution in [2.75, 3.05) is 20.2 Å². The molecule has 1 aromatic carbocycles. The topological polar surface area (TPSA) is 68.2 Å². The molecule has 3 heterocycles. The van der Waals surface area contributed by atoms with Gasteiger partial charge in [-0.05, 0) is 48.2 Å². The molecular formula is C19H20N4O2S.